The van der Waals surface area contributed by atoms with Gasteiger partial charge in [0.05, 0.1) is 15.9 Å². The molecule has 3 nitrogen and oxygen atoms in total. The van der Waals surface area contributed by atoms with Crippen LogP contribution in [-0.4, -0.2) is 9.97 Å². The maximum atomic E-state index is 6.59. The van der Waals surface area contributed by atoms with E-state index in [9.17, 15) is 0 Å². The van der Waals surface area contributed by atoms with Crippen LogP contribution in [0.4, 0.5) is 0 Å². The predicted molar refractivity (Wildman–Crippen MR) is 227 cm³/mol. The molecule has 0 saturated carbocycles. The largest absolute Gasteiger partial charge is 0.456 e. The Morgan fingerprint density at radius 1 is 0.407 bits per heavy atom. The molecule has 8 aromatic carbocycles. The number of hydrogen-bond donors (Lipinski definition) is 0. The molecule has 0 amide bonds. The molecule has 0 aliphatic heterocycles. The highest BCUT2D eigenvalue weighted by Gasteiger charge is 2.20. The summed E-state index contributed by atoms with van der Waals surface area (Å²) in [6, 6.07) is 64.4. The van der Waals surface area contributed by atoms with E-state index in [1.54, 1.807) is 11.3 Å². The molecule has 54 heavy (non-hydrogen) atoms. The molecule has 11 rings (SSSR count). The summed E-state index contributed by atoms with van der Waals surface area (Å²) in [5, 5.41) is 5.58. The van der Waals surface area contributed by atoms with Crippen LogP contribution in [0.3, 0.4) is 0 Å². The van der Waals surface area contributed by atoms with E-state index >= 15 is 0 Å². The van der Waals surface area contributed by atoms with Crippen molar-refractivity contribution in [3.63, 3.8) is 0 Å². The van der Waals surface area contributed by atoms with Crippen molar-refractivity contribution in [1.29, 1.82) is 0 Å². The number of fused-ring (bicyclic) bond motifs is 7. The van der Waals surface area contributed by atoms with Crippen LogP contribution in [0, 0.1) is 0 Å². The van der Waals surface area contributed by atoms with Gasteiger partial charge in [-0.05, 0) is 86.6 Å². The highest BCUT2D eigenvalue weighted by Crippen LogP contribution is 2.43. The van der Waals surface area contributed by atoms with Crippen molar-refractivity contribution < 1.29 is 4.42 Å². The molecule has 0 atom stereocenters. The number of nitrogens with zero attached hydrogens (tertiary/aromatic N) is 2. The molecule has 0 bridgehead atoms. The molecule has 0 spiro atoms. The Balaban J connectivity index is 1.08. The van der Waals surface area contributed by atoms with Crippen molar-refractivity contribution in [2.75, 3.05) is 0 Å². The first-order chi connectivity index (χ1) is 26.7. The Kier molecular flexibility index (Phi) is 7.04. The predicted octanol–water partition coefficient (Wildman–Crippen LogP) is 14.2. The number of furan rings is 1. The van der Waals surface area contributed by atoms with Crippen LogP contribution >= 0.6 is 11.3 Å². The van der Waals surface area contributed by atoms with E-state index in [4.69, 9.17) is 14.4 Å². The van der Waals surface area contributed by atoms with Crippen molar-refractivity contribution in [3.05, 3.63) is 182 Å². The van der Waals surface area contributed by atoms with Gasteiger partial charge >= 0.3 is 0 Å². The summed E-state index contributed by atoms with van der Waals surface area (Å²) in [7, 11) is 0. The second kappa shape index (κ2) is 12.4. The molecule has 0 N–H and O–H groups in total. The van der Waals surface area contributed by atoms with Crippen molar-refractivity contribution >= 4 is 64.4 Å². The summed E-state index contributed by atoms with van der Waals surface area (Å²) >= 11 is 1.76. The van der Waals surface area contributed by atoms with Gasteiger partial charge in [0.25, 0.3) is 0 Å². The van der Waals surface area contributed by atoms with Gasteiger partial charge in [-0.25, -0.2) is 9.97 Å². The Bertz CT molecular complexity index is 3220. The van der Waals surface area contributed by atoms with Gasteiger partial charge in [-0.3, -0.25) is 0 Å². The molecule has 0 aliphatic carbocycles. The van der Waals surface area contributed by atoms with Crippen molar-refractivity contribution in [3.8, 4) is 56.0 Å². The van der Waals surface area contributed by atoms with E-state index in [-0.39, 0.29) is 0 Å². The lowest BCUT2D eigenvalue weighted by molar-refractivity contribution is 0.669. The minimum Gasteiger partial charge on any atom is -0.456 e. The maximum absolute atomic E-state index is 6.59. The van der Waals surface area contributed by atoms with E-state index in [0.717, 1.165) is 65.5 Å². The van der Waals surface area contributed by atoms with E-state index in [1.165, 1.54) is 37.7 Å². The summed E-state index contributed by atoms with van der Waals surface area (Å²) in [6.07, 6.45) is 0. The van der Waals surface area contributed by atoms with Gasteiger partial charge in [-0.15, -0.1) is 11.3 Å². The van der Waals surface area contributed by atoms with Crippen LogP contribution in [-0.2, 0) is 0 Å². The minimum atomic E-state index is 0.687. The third-order valence-electron chi connectivity index (χ3n) is 10.5. The molecular weight excluding hydrogens is 677 g/mol. The Labute approximate surface area is 315 Å². The highest BCUT2D eigenvalue weighted by atomic mass is 32.1. The summed E-state index contributed by atoms with van der Waals surface area (Å²) < 4.78 is 8.88. The average molecular weight is 707 g/mol. The van der Waals surface area contributed by atoms with Crippen LogP contribution < -0.4 is 0 Å². The van der Waals surface area contributed by atoms with Crippen molar-refractivity contribution in [2.45, 2.75) is 0 Å². The van der Waals surface area contributed by atoms with Crippen molar-refractivity contribution in [1.82, 2.24) is 9.97 Å². The van der Waals surface area contributed by atoms with E-state index in [0.29, 0.717) is 5.82 Å². The Morgan fingerprint density at radius 2 is 1.04 bits per heavy atom. The van der Waals surface area contributed by atoms with Gasteiger partial charge in [0.2, 0.25) is 0 Å². The monoisotopic (exact) mass is 706 g/mol. The van der Waals surface area contributed by atoms with Crippen LogP contribution in [0.2, 0.25) is 0 Å². The maximum Gasteiger partial charge on any atom is 0.161 e. The van der Waals surface area contributed by atoms with Gasteiger partial charge in [-0.2, -0.15) is 0 Å². The smallest absolute Gasteiger partial charge is 0.161 e. The normalized spacial score (nSPS) is 11.7. The molecule has 3 aromatic heterocycles. The zero-order valence-electron chi connectivity index (χ0n) is 29.0. The van der Waals surface area contributed by atoms with E-state index in [2.05, 4.69) is 170 Å². The van der Waals surface area contributed by atoms with E-state index in [1.807, 2.05) is 12.1 Å². The fraction of sp³-hybridized carbons (Fsp3) is 0. The first kappa shape index (κ1) is 30.7. The lowest BCUT2D eigenvalue weighted by Gasteiger charge is -2.10. The van der Waals surface area contributed by atoms with Gasteiger partial charge < -0.3 is 4.42 Å². The molecule has 3 heterocycles. The highest BCUT2D eigenvalue weighted by molar-refractivity contribution is 7.26. The number of benzene rings is 8. The summed E-state index contributed by atoms with van der Waals surface area (Å²) in [5.41, 5.74) is 12.6. The quantitative estimate of drug-likeness (QED) is 0.179. The van der Waals surface area contributed by atoms with Gasteiger partial charge in [-0.1, -0.05) is 140 Å². The topological polar surface area (TPSA) is 38.9 Å². The SMILES string of the molecule is c1ccc(-c2cccc(-c3ccc4c(c3)oc3cccc(-c5nc(-c6ccc7ccc(-c8ccccc8)cc7c6)c6sc7ccccc7c6n5)c34)c2)cc1. The zero-order chi connectivity index (χ0) is 35.6. The summed E-state index contributed by atoms with van der Waals surface area (Å²) in [4.78, 5) is 10.8. The van der Waals surface area contributed by atoms with Gasteiger partial charge in [0.15, 0.2) is 5.82 Å². The van der Waals surface area contributed by atoms with Gasteiger partial charge in [0.1, 0.15) is 11.2 Å². The van der Waals surface area contributed by atoms with Crippen LogP contribution in [0.5, 0.6) is 0 Å². The Hall–Kier alpha value is -6.88. The first-order valence-electron chi connectivity index (χ1n) is 18.1. The van der Waals surface area contributed by atoms with Crippen molar-refractivity contribution in [2.24, 2.45) is 0 Å². The van der Waals surface area contributed by atoms with Crippen LogP contribution in [0.25, 0.3) is 109 Å². The summed E-state index contributed by atoms with van der Waals surface area (Å²) in [6.45, 7) is 0. The molecule has 0 aliphatic rings. The molecule has 4 heteroatoms. The second-order valence-electron chi connectivity index (χ2n) is 13.8. The molecular formula is C50H30N2OS. The standard InChI is InChI=1S/C50H30N2OS/c1-3-11-31(12-4-1)34-15-9-16-35(27-34)37-25-26-40-44(30-37)53-43-19-10-18-42(46(40)43)50-51-47(49-48(52-50)41-17-7-8-20-45(41)54-49)38-24-22-33-21-23-36(28-39(33)29-38)32-13-5-2-6-14-32/h1-30H. The molecule has 11 aromatic rings. The molecule has 0 saturated heterocycles. The molecule has 0 radical (unpaired) electrons. The third kappa shape index (κ3) is 5.11. The number of rotatable bonds is 5. The van der Waals surface area contributed by atoms with Crippen LogP contribution in [0.15, 0.2) is 186 Å². The van der Waals surface area contributed by atoms with Gasteiger partial charge in [0, 0.05) is 32.0 Å². The number of hydrogen-bond acceptors (Lipinski definition) is 4. The lowest BCUT2D eigenvalue weighted by atomic mass is 9.97. The number of thiophene rings is 1. The molecule has 0 unspecified atom stereocenters. The minimum absolute atomic E-state index is 0.687. The number of aromatic nitrogens is 2. The second-order valence-corrected chi connectivity index (χ2v) is 14.8. The lowest BCUT2D eigenvalue weighted by Crippen LogP contribution is -1.94. The van der Waals surface area contributed by atoms with E-state index < -0.39 is 0 Å². The molecule has 252 valence electrons. The third-order valence-corrected chi connectivity index (χ3v) is 11.6. The average Bonchev–Trinajstić information content (AvgIpc) is 3.82. The molecule has 0 fully saturated rings. The summed E-state index contributed by atoms with van der Waals surface area (Å²) in [5.74, 6) is 0.687. The zero-order valence-corrected chi connectivity index (χ0v) is 29.8. The Morgan fingerprint density at radius 3 is 1.85 bits per heavy atom. The fourth-order valence-electron chi connectivity index (χ4n) is 7.81. The van der Waals surface area contributed by atoms with Crippen LogP contribution in [0.1, 0.15) is 0 Å². The first-order valence-corrected chi connectivity index (χ1v) is 19.0. The fourth-order valence-corrected chi connectivity index (χ4v) is 8.97.